The molecule has 0 bridgehead atoms. The van der Waals surface area contributed by atoms with E-state index in [1.807, 2.05) is 25.1 Å². The molecule has 0 unspecified atom stereocenters. The second kappa shape index (κ2) is 3.62. The van der Waals surface area contributed by atoms with Gasteiger partial charge in [0.1, 0.15) is 17.6 Å². The zero-order valence-corrected chi connectivity index (χ0v) is 10.3. The van der Waals surface area contributed by atoms with Crippen molar-refractivity contribution in [2.45, 2.75) is 26.4 Å². The lowest BCUT2D eigenvalue weighted by Crippen LogP contribution is -2.05. The largest absolute Gasteiger partial charge is 0.497 e. The predicted molar refractivity (Wildman–Crippen MR) is 66.8 cm³/mol. The number of aromatic nitrogens is 1. The number of fused-ring (bicyclic) bond motifs is 3. The Hall–Kier alpha value is -1.77. The summed E-state index contributed by atoms with van der Waals surface area (Å²) >= 11 is 0. The van der Waals surface area contributed by atoms with E-state index < -0.39 is 0 Å². The molecule has 1 aromatic carbocycles. The van der Waals surface area contributed by atoms with Gasteiger partial charge in [-0.05, 0) is 32.0 Å². The fraction of sp³-hybridized carbons (Fsp3) is 0.357. The molecule has 88 valence electrons. The first-order chi connectivity index (χ1) is 8.19. The van der Waals surface area contributed by atoms with Gasteiger partial charge in [-0.1, -0.05) is 0 Å². The van der Waals surface area contributed by atoms with Crippen LogP contribution in [0.25, 0.3) is 10.9 Å². The summed E-state index contributed by atoms with van der Waals surface area (Å²) in [5.74, 6) is 1.83. The molecule has 0 aliphatic carbocycles. The van der Waals surface area contributed by atoms with Gasteiger partial charge in [0.15, 0.2) is 0 Å². The molecular formula is C14H15NO2. The topological polar surface area (TPSA) is 31.4 Å². The van der Waals surface area contributed by atoms with Gasteiger partial charge in [-0.25, -0.2) is 0 Å². The highest BCUT2D eigenvalue weighted by molar-refractivity contribution is 5.88. The van der Waals surface area contributed by atoms with E-state index in [9.17, 15) is 0 Å². The molecule has 1 atom stereocenters. The smallest absolute Gasteiger partial charge is 0.134 e. The Kier molecular flexibility index (Phi) is 2.21. The maximum Gasteiger partial charge on any atom is 0.134 e. The maximum absolute atomic E-state index is 5.90. The van der Waals surface area contributed by atoms with E-state index in [2.05, 4.69) is 11.9 Å². The van der Waals surface area contributed by atoms with Crippen molar-refractivity contribution in [1.82, 2.24) is 4.98 Å². The van der Waals surface area contributed by atoms with Crippen LogP contribution < -0.4 is 9.47 Å². The average Bonchev–Trinajstić information content (AvgIpc) is 2.72. The monoisotopic (exact) mass is 229 g/mol. The first-order valence-electron chi connectivity index (χ1n) is 5.83. The van der Waals surface area contributed by atoms with Crippen molar-refractivity contribution < 1.29 is 9.47 Å². The number of hydrogen-bond acceptors (Lipinski definition) is 3. The highest BCUT2D eigenvalue weighted by Crippen LogP contribution is 2.38. The summed E-state index contributed by atoms with van der Waals surface area (Å²) in [6.07, 6.45) is 1.18. The standard InChI is InChI=1S/C14H15NO2/c1-8-6-11-9(2)15-13-5-4-10(16-3)7-12(13)14(11)17-8/h4-5,7-8H,6H2,1-3H3/t8-/m0/s1. The summed E-state index contributed by atoms with van der Waals surface area (Å²) in [4.78, 5) is 4.62. The molecule has 3 heteroatoms. The van der Waals surface area contributed by atoms with Crippen LogP contribution in [-0.2, 0) is 6.42 Å². The first kappa shape index (κ1) is 10.4. The van der Waals surface area contributed by atoms with Crippen LogP contribution in [0.3, 0.4) is 0 Å². The number of benzene rings is 1. The lowest BCUT2D eigenvalue weighted by Gasteiger charge is -2.09. The van der Waals surface area contributed by atoms with E-state index >= 15 is 0 Å². The number of nitrogens with zero attached hydrogens (tertiary/aromatic N) is 1. The van der Waals surface area contributed by atoms with Gasteiger partial charge in [0.25, 0.3) is 0 Å². The van der Waals surface area contributed by atoms with E-state index in [4.69, 9.17) is 9.47 Å². The summed E-state index contributed by atoms with van der Waals surface area (Å²) in [5.41, 5.74) is 3.27. The summed E-state index contributed by atoms with van der Waals surface area (Å²) < 4.78 is 11.2. The van der Waals surface area contributed by atoms with Crippen molar-refractivity contribution in [2.24, 2.45) is 0 Å². The van der Waals surface area contributed by atoms with E-state index in [-0.39, 0.29) is 6.10 Å². The van der Waals surface area contributed by atoms with Gasteiger partial charge in [0, 0.05) is 23.1 Å². The normalized spacial score (nSPS) is 17.9. The SMILES string of the molecule is COc1ccc2nc(C)c3c(c2c1)O[C@@H](C)C3. The molecule has 0 fully saturated rings. The van der Waals surface area contributed by atoms with Gasteiger partial charge >= 0.3 is 0 Å². The molecule has 0 saturated heterocycles. The van der Waals surface area contributed by atoms with Crippen molar-refractivity contribution in [3.05, 3.63) is 29.5 Å². The van der Waals surface area contributed by atoms with Crippen LogP contribution >= 0.6 is 0 Å². The van der Waals surface area contributed by atoms with Gasteiger partial charge < -0.3 is 9.47 Å². The second-order valence-corrected chi connectivity index (χ2v) is 4.52. The minimum absolute atomic E-state index is 0.238. The third-order valence-corrected chi connectivity index (χ3v) is 3.26. The molecule has 3 rings (SSSR count). The lowest BCUT2D eigenvalue weighted by molar-refractivity contribution is 0.257. The Labute approximate surface area is 100 Å². The van der Waals surface area contributed by atoms with Crippen LogP contribution in [0, 0.1) is 6.92 Å². The zero-order chi connectivity index (χ0) is 12.0. The molecule has 0 radical (unpaired) electrons. The number of aryl methyl sites for hydroxylation is 1. The maximum atomic E-state index is 5.90. The highest BCUT2D eigenvalue weighted by atomic mass is 16.5. The van der Waals surface area contributed by atoms with E-state index in [1.54, 1.807) is 7.11 Å². The number of ether oxygens (including phenoxy) is 2. The van der Waals surface area contributed by atoms with Gasteiger partial charge in [-0.2, -0.15) is 0 Å². The number of rotatable bonds is 1. The molecular weight excluding hydrogens is 214 g/mol. The Morgan fingerprint density at radius 3 is 3.00 bits per heavy atom. The fourth-order valence-corrected chi connectivity index (χ4v) is 2.40. The number of hydrogen-bond donors (Lipinski definition) is 0. The Bertz CT molecular complexity index is 592. The quantitative estimate of drug-likeness (QED) is 0.753. The van der Waals surface area contributed by atoms with E-state index in [1.165, 1.54) is 5.56 Å². The van der Waals surface area contributed by atoms with Gasteiger partial charge in [0.05, 0.1) is 12.6 Å². The molecule has 2 aromatic rings. The molecule has 3 nitrogen and oxygen atoms in total. The minimum atomic E-state index is 0.238. The predicted octanol–water partition coefficient (Wildman–Crippen LogP) is 2.88. The van der Waals surface area contributed by atoms with Crippen LogP contribution in [0.2, 0.25) is 0 Å². The van der Waals surface area contributed by atoms with Gasteiger partial charge in [0.2, 0.25) is 0 Å². The van der Waals surface area contributed by atoms with Crippen LogP contribution in [0.5, 0.6) is 11.5 Å². The van der Waals surface area contributed by atoms with Crippen molar-refractivity contribution >= 4 is 10.9 Å². The summed E-state index contributed by atoms with van der Waals surface area (Å²) in [5, 5.41) is 1.05. The molecule has 0 N–H and O–H groups in total. The molecule has 0 amide bonds. The molecule has 1 aromatic heterocycles. The van der Waals surface area contributed by atoms with Gasteiger partial charge in [-0.15, -0.1) is 0 Å². The highest BCUT2D eigenvalue weighted by Gasteiger charge is 2.24. The van der Waals surface area contributed by atoms with Crippen molar-refractivity contribution in [3.8, 4) is 11.5 Å². The van der Waals surface area contributed by atoms with Crippen LogP contribution in [0.15, 0.2) is 18.2 Å². The summed E-state index contributed by atoms with van der Waals surface area (Å²) in [6, 6.07) is 5.91. The lowest BCUT2D eigenvalue weighted by atomic mass is 10.1. The third-order valence-electron chi connectivity index (χ3n) is 3.26. The van der Waals surface area contributed by atoms with E-state index in [0.717, 1.165) is 34.5 Å². The molecule has 2 heterocycles. The average molecular weight is 229 g/mol. The zero-order valence-electron chi connectivity index (χ0n) is 10.3. The van der Waals surface area contributed by atoms with Crippen LogP contribution in [0.1, 0.15) is 18.2 Å². The van der Waals surface area contributed by atoms with Crippen molar-refractivity contribution in [2.75, 3.05) is 7.11 Å². The third kappa shape index (κ3) is 1.54. The molecule has 0 saturated carbocycles. The second-order valence-electron chi connectivity index (χ2n) is 4.52. The first-order valence-corrected chi connectivity index (χ1v) is 5.83. The molecule has 0 spiro atoms. The Balaban J connectivity index is 2.31. The number of pyridine rings is 1. The molecule has 17 heavy (non-hydrogen) atoms. The minimum Gasteiger partial charge on any atom is -0.497 e. The van der Waals surface area contributed by atoms with Crippen molar-refractivity contribution in [1.29, 1.82) is 0 Å². The Morgan fingerprint density at radius 2 is 2.24 bits per heavy atom. The number of methoxy groups -OCH3 is 1. The fourth-order valence-electron chi connectivity index (χ4n) is 2.40. The molecule has 1 aliphatic heterocycles. The summed E-state index contributed by atoms with van der Waals surface area (Å²) in [7, 11) is 1.67. The van der Waals surface area contributed by atoms with Crippen LogP contribution in [-0.4, -0.2) is 18.2 Å². The Morgan fingerprint density at radius 1 is 1.41 bits per heavy atom. The van der Waals surface area contributed by atoms with E-state index in [0.29, 0.717) is 0 Å². The molecule has 1 aliphatic rings. The summed E-state index contributed by atoms with van der Waals surface area (Å²) in [6.45, 7) is 4.13. The van der Waals surface area contributed by atoms with Gasteiger partial charge in [-0.3, -0.25) is 4.98 Å². The van der Waals surface area contributed by atoms with Crippen LogP contribution in [0.4, 0.5) is 0 Å². The van der Waals surface area contributed by atoms with Crippen molar-refractivity contribution in [3.63, 3.8) is 0 Å².